The molecule has 0 aliphatic carbocycles. The van der Waals surface area contributed by atoms with Gasteiger partial charge in [-0.05, 0) is 81.9 Å². The third-order valence-corrected chi connectivity index (χ3v) is 11.0. The number of benzene rings is 6. The Morgan fingerprint density at radius 1 is 0.442 bits per heavy atom. The lowest BCUT2D eigenvalue weighted by atomic mass is 9.85. The van der Waals surface area contributed by atoms with Crippen molar-refractivity contribution in [1.82, 2.24) is 0 Å². The van der Waals surface area contributed by atoms with Crippen molar-refractivity contribution in [2.75, 3.05) is 0 Å². The third-order valence-electron chi connectivity index (χ3n) is 10.0. The minimum Gasteiger partial charge on any atom is -0.425 e. The summed E-state index contributed by atoms with van der Waals surface area (Å²) in [7, 11) is 0. The van der Waals surface area contributed by atoms with Crippen molar-refractivity contribution in [3.63, 3.8) is 0 Å². The largest absolute Gasteiger partial charge is 0.425 e. The van der Waals surface area contributed by atoms with Crippen LogP contribution < -0.4 is 9.47 Å². The number of carbonyl (C=O) groups excluding carboxylic acids is 2. The molecule has 0 aliphatic rings. The number of carbonyl (C=O) groups is 2. The summed E-state index contributed by atoms with van der Waals surface area (Å²) < 4.78 is 14.4. The number of rotatable bonds is 17. The number of halogens is 2. The molecule has 0 amide bonds. The van der Waals surface area contributed by atoms with Crippen LogP contribution in [0.5, 0.6) is 11.5 Å². The average Bonchev–Trinajstić information content (AvgIpc) is 3.15. The Morgan fingerprint density at radius 3 is 1.19 bits per heavy atom. The van der Waals surface area contributed by atoms with Crippen LogP contribution in [0.4, 0.5) is 0 Å². The number of fused-ring (bicyclic) bond motifs is 4. The third kappa shape index (κ3) is 8.72. The fourth-order valence-electron chi connectivity index (χ4n) is 7.41. The van der Waals surface area contributed by atoms with Crippen molar-refractivity contribution < 1.29 is 19.1 Å². The summed E-state index contributed by atoms with van der Waals surface area (Å²) in [4.78, 5) is 26.7. The van der Waals surface area contributed by atoms with E-state index in [0.29, 0.717) is 24.3 Å². The maximum absolute atomic E-state index is 13.4. The van der Waals surface area contributed by atoms with E-state index in [9.17, 15) is 9.59 Å². The number of hydrogen-bond donors (Lipinski definition) is 0. The second-order valence-electron chi connectivity index (χ2n) is 13.9. The summed E-state index contributed by atoms with van der Waals surface area (Å²) in [5.74, 6) is 0.773. The van der Waals surface area contributed by atoms with Gasteiger partial charge in [0, 0.05) is 43.3 Å². The minimum absolute atomic E-state index is 0.204. The number of esters is 2. The van der Waals surface area contributed by atoms with Crippen LogP contribution in [0.15, 0.2) is 93.9 Å². The SMILES string of the molecule is CCCCCCCCC(=O)Oc1c2ccccc2c(-c2c3ccccc3c(OC(=O)CCCCCCCC)c3ccc(Br)cc23)c2cc(Br)ccc12. The molecule has 0 unspecified atom stereocenters. The molecule has 0 N–H and O–H groups in total. The van der Waals surface area contributed by atoms with E-state index < -0.39 is 0 Å². The Kier molecular flexibility index (Phi) is 13.4. The van der Waals surface area contributed by atoms with Crippen LogP contribution in [-0.4, -0.2) is 11.9 Å². The summed E-state index contributed by atoms with van der Waals surface area (Å²) in [5.41, 5.74) is 2.07. The molecule has 0 bridgehead atoms. The summed E-state index contributed by atoms with van der Waals surface area (Å²) >= 11 is 7.51. The Bertz CT molecular complexity index is 2050. The van der Waals surface area contributed by atoms with Crippen LogP contribution in [0.2, 0.25) is 0 Å². The standard InChI is InChI=1S/C46H48Br2O4/c1-3-5-7-9-11-13-23-41(49)51-45-35-21-17-15-19-33(35)43(39-29-31(47)25-27-37(39)45)44-34-20-16-18-22-36(34)46(38-28-26-32(48)30-40(38)44)52-42(50)24-14-12-10-8-6-4-2/h15-22,25-30H,3-14,23-24H2,1-2H3. The number of ether oxygens (including phenoxy) is 2. The molecule has 270 valence electrons. The minimum atomic E-state index is -0.204. The molecule has 6 rings (SSSR count). The highest BCUT2D eigenvalue weighted by Crippen LogP contribution is 2.50. The summed E-state index contributed by atoms with van der Waals surface area (Å²) in [6.07, 6.45) is 14.1. The topological polar surface area (TPSA) is 52.6 Å². The number of hydrogen-bond acceptors (Lipinski definition) is 4. The van der Waals surface area contributed by atoms with E-state index >= 15 is 0 Å². The van der Waals surface area contributed by atoms with Crippen LogP contribution in [0.25, 0.3) is 54.2 Å². The van der Waals surface area contributed by atoms with Gasteiger partial charge in [0.25, 0.3) is 0 Å². The van der Waals surface area contributed by atoms with E-state index in [1.54, 1.807) is 0 Å². The first-order chi connectivity index (χ1) is 25.4. The molecule has 0 fully saturated rings. The lowest BCUT2D eigenvalue weighted by molar-refractivity contribution is -0.135. The Balaban J connectivity index is 1.48. The van der Waals surface area contributed by atoms with Gasteiger partial charge < -0.3 is 9.47 Å². The molecule has 4 nitrogen and oxygen atoms in total. The predicted molar refractivity (Wildman–Crippen MR) is 225 cm³/mol. The molecule has 6 aromatic carbocycles. The predicted octanol–water partition coefficient (Wildman–Crippen LogP) is 14.8. The quantitative estimate of drug-likeness (QED) is 0.0398. The lowest BCUT2D eigenvalue weighted by Gasteiger charge is -2.21. The molecular formula is C46H48Br2O4. The maximum atomic E-state index is 13.4. The zero-order chi connectivity index (χ0) is 36.5. The molecule has 6 heteroatoms. The monoisotopic (exact) mass is 822 g/mol. The fraction of sp³-hybridized carbons (Fsp3) is 0.348. The van der Waals surface area contributed by atoms with Gasteiger partial charge in [0.1, 0.15) is 11.5 Å². The fourth-order valence-corrected chi connectivity index (χ4v) is 8.13. The molecule has 0 aromatic heterocycles. The molecule has 0 aliphatic heterocycles. The van der Waals surface area contributed by atoms with Crippen molar-refractivity contribution in [3.8, 4) is 22.6 Å². The molecule has 0 atom stereocenters. The Morgan fingerprint density at radius 2 is 0.788 bits per heavy atom. The van der Waals surface area contributed by atoms with E-state index in [1.807, 2.05) is 60.7 Å². The van der Waals surface area contributed by atoms with Gasteiger partial charge in [-0.25, -0.2) is 0 Å². The van der Waals surface area contributed by atoms with E-state index in [1.165, 1.54) is 38.5 Å². The summed E-state index contributed by atoms with van der Waals surface area (Å²) in [5, 5.41) is 7.40. The highest BCUT2D eigenvalue weighted by atomic mass is 79.9. The highest BCUT2D eigenvalue weighted by Gasteiger charge is 2.24. The Hall–Kier alpha value is -3.74. The molecule has 0 saturated heterocycles. The second kappa shape index (κ2) is 18.3. The first-order valence-corrected chi connectivity index (χ1v) is 20.7. The van der Waals surface area contributed by atoms with Gasteiger partial charge in [-0.15, -0.1) is 0 Å². The van der Waals surface area contributed by atoms with Crippen LogP contribution in [-0.2, 0) is 9.59 Å². The number of unbranched alkanes of at least 4 members (excludes halogenated alkanes) is 10. The molecule has 0 heterocycles. The van der Waals surface area contributed by atoms with Gasteiger partial charge in [-0.1, -0.05) is 158 Å². The van der Waals surface area contributed by atoms with Gasteiger partial charge in [-0.2, -0.15) is 0 Å². The van der Waals surface area contributed by atoms with E-state index in [-0.39, 0.29) is 11.9 Å². The average molecular weight is 825 g/mol. The van der Waals surface area contributed by atoms with Crippen LogP contribution in [0, 0.1) is 0 Å². The van der Waals surface area contributed by atoms with Crippen LogP contribution >= 0.6 is 31.9 Å². The van der Waals surface area contributed by atoms with E-state index in [4.69, 9.17) is 9.47 Å². The van der Waals surface area contributed by atoms with Crippen molar-refractivity contribution in [3.05, 3.63) is 93.9 Å². The van der Waals surface area contributed by atoms with Gasteiger partial charge in [-0.3, -0.25) is 9.59 Å². The highest BCUT2D eigenvalue weighted by molar-refractivity contribution is 9.10. The molecule has 0 saturated carbocycles. The molecule has 0 radical (unpaired) electrons. The van der Waals surface area contributed by atoms with Gasteiger partial charge in [0.05, 0.1) is 0 Å². The normalized spacial score (nSPS) is 11.5. The smallest absolute Gasteiger partial charge is 0.311 e. The van der Waals surface area contributed by atoms with E-state index in [2.05, 4.69) is 70.0 Å². The van der Waals surface area contributed by atoms with Crippen molar-refractivity contribution in [2.45, 2.75) is 104 Å². The summed E-state index contributed by atoms with van der Waals surface area (Å²) in [6, 6.07) is 28.7. The van der Waals surface area contributed by atoms with Crippen molar-refractivity contribution in [2.24, 2.45) is 0 Å². The van der Waals surface area contributed by atoms with Crippen LogP contribution in [0.3, 0.4) is 0 Å². The van der Waals surface area contributed by atoms with Crippen molar-refractivity contribution >= 4 is 86.9 Å². The zero-order valence-corrected chi connectivity index (χ0v) is 33.5. The maximum Gasteiger partial charge on any atom is 0.311 e. The van der Waals surface area contributed by atoms with E-state index in [0.717, 1.165) is 102 Å². The molecule has 52 heavy (non-hydrogen) atoms. The van der Waals surface area contributed by atoms with Gasteiger partial charge in [0.15, 0.2) is 0 Å². The van der Waals surface area contributed by atoms with Crippen molar-refractivity contribution in [1.29, 1.82) is 0 Å². The lowest BCUT2D eigenvalue weighted by Crippen LogP contribution is -2.09. The Labute approximate surface area is 324 Å². The van der Waals surface area contributed by atoms with Crippen LogP contribution in [0.1, 0.15) is 104 Å². The molecular weight excluding hydrogens is 776 g/mol. The second-order valence-corrected chi connectivity index (χ2v) is 15.7. The summed E-state index contributed by atoms with van der Waals surface area (Å²) in [6.45, 7) is 4.42. The van der Waals surface area contributed by atoms with Gasteiger partial charge in [0.2, 0.25) is 0 Å². The van der Waals surface area contributed by atoms with Gasteiger partial charge >= 0.3 is 11.9 Å². The first kappa shape index (κ1) is 38.0. The zero-order valence-electron chi connectivity index (χ0n) is 30.4. The molecule has 0 spiro atoms. The first-order valence-electron chi connectivity index (χ1n) is 19.1. The molecule has 6 aromatic rings.